The maximum absolute atomic E-state index is 13.6. The van der Waals surface area contributed by atoms with Crippen molar-refractivity contribution in [3.05, 3.63) is 51.2 Å². The zero-order chi connectivity index (χ0) is 21.8. The van der Waals surface area contributed by atoms with Gasteiger partial charge in [-0.1, -0.05) is 41.4 Å². The van der Waals surface area contributed by atoms with Crippen LogP contribution in [0.4, 0.5) is 0 Å². The van der Waals surface area contributed by atoms with Gasteiger partial charge in [0.1, 0.15) is 16.4 Å². The van der Waals surface area contributed by atoms with E-state index in [9.17, 15) is 4.79 Å². The molecule has 2 aliphatic rings. The second-order valence-corrected chi connectivity index (χ2v) is 10.2. The van der Waals surface area contributed by atoms with Gasteiger partial charge in [0.15, 0.2) is 11.7 Å². The number of aliphatic imine (C=N–C) groups is 1. The summed E-state index contributed by atoms with van der Waals surface area (Å²) in [6, 6.07) is 7.37. The van der Waals surface area contributed by atoms with Gasteiger partial charge in [-0.25, -0.2) is 9.98 Å². The standard InChI is InChI=1S/C22H24BrClN4O2/c1-12(2)9-21(3,4)28-19(29)10-22(27-20(28)25)14-7-13(23)5-6-16(14)30-17-11-26-18(24)8-15(17)22/h5-8,11-12H,9-10H2,1-4H3,(H2,25,27). The van der Waals surface area contributed by atoms with Crippen LogP contribution in [0.1, 0.15) is 51.7 Å². The smallest absolute Gasteiger partial charge is 0.232 e. The molecule has 3 heterocycles. The van der Waals surface area contributed by atoms with Crippen LogP contribution < -0.4 is 10.5 Å². The van der Waals surface area contributed by atoms with E-state index in [1.807, 2.05) is 32.0 Å². The number of ether oxygens (including phenoxy) is 1. The Morgan fingerprint density at radius 3 is 2.67 bits per heavy atom. The van der Waals surface area contributed by atoms with E-state index < -0.39 is 11.1 Å². The van der Waals surface area contributed by atoms with Crippen LogP contribution in [-0.4, -0.2) is 27.3 Å². The van der Waals surface area contributed by atoms with Crippen LogP contribution in [0.15, 0.2) is 39.9 Å². The molecule has 158 valence electrons. The number of guanidine groups is 1. The Labute approximate surface area is 189 Å². The second-order valence-electron chi connectivity index (χ2n) is 8.89. The maximum Gasteiger partial charge on any atom is 0.232 e. The molecule has 8 heteroatoms. The average Bonchev–Trinajstić information content (AvgIpc) is 2.61. The van der Waals surface area contributed by atoms with Crippen LogP contribution in [0.2, 0.25) is 5.15 Å². The van der Waals surface area contributed by atoms with Crippen LogP contribution in [0, 0.1) is 5.92 Å². The summed E-state index contributed by atoms with van der Waals surface area (Å²) >= 11 is 9.74. The molecule has 0 saturated heterocycles. The lowest BCUT2D eigenvalue weighted by atomic mass is 9.76. The highest BCUT2D eigenvalue weighted by Crippen LogP contribution is 2.53. The number of halogens is 2. The number of hydrogen-bond donors (Lipinski definition) is 1. The van der Waals surface area contributed by atoms with Crippen molar-refractivity contribution in [3.8, 4) is 11.5 Å². The van der Waals surface area contributed by atoms with E-state index in [1.165, 1.54) is 0 Å². The quantitative estimate of drug-likeness (QED) is 0.597. The van der Waals surface area contributed by atoms with Gasteiger partial charge in [-0.05, 0) is 50.5 Å². The molecule has 1 amide bonds. The molecule has 2 N–H and O–H groups in total. The van der Waals surface area contributed by atoms with Crippen molar-refractivity contribution in [2.24, 2.45) is 16.6 Å². The molecule has 1 atom stereocenters. The van der Waals surface area contributed by atoms with Gasteiger partial charge in [-0.3, -0.25) is 9.69 Å². The molecule has 1 unspecified atom stereocenters. The highest BCUT2D eigenvalue weighted by atomic mass is 79.9. The molecule has 1 aromatic heterocycles. The lowest BCUT2D eigenvalue weighted by molar-refractivity contribution is -0.133. The number of nitrogens with zero attached hydrogens (tertiary/aromatic N) is 3. The van der Waals surface area contributed by atoms with Crippen LogP contribution in [0.5, 0.6) is 11.5 Å². The Morgan fingerprint density at radius 1 is 1.30 bits per heavy atom. The third-order valence-corrected chi connectivity index (χ3v) is 6.29. The van der Waals surface area contributed by atoms with Gasteiger partial charge in [0.25, 0.3) is 0 Å². The summed E-state index contributed by atoms with van der Waals surface area (Å²) in [7, 11) is 0. The first-order valence-electron chi connectivity index (χ1n) is 9.86. The van der Waals surface area contributed by atoms with Crippen LogP contribution in [0.25, 0.3) is 0 Å². The number of fused-ring (bicyclic) bond motifs is 4. The van der Waals surface area contributed by atoms with E-state index in [0.29, 0.717) is 28.1 Å². The minimum atomic E-state index is -1.02. The van der Waals surface area contributed by atoms with Crippen LogP contribution >= 0.6 is 27.5 Å². The number of rotatable bonds is 3. The van der Waals surface area contributed by atoms with Gasteiger partial charge in [-0.15, -0.1) is 0 Å². The summed E-state index contributed by atoms with van der Waals surface area (Å²) < 4.78 is 6.91. The van der Waals surface area contributed by atoms with E-state index >= 15 is 0 Å². The highest BCUT2D eigenvalue weighted by Gasteiger charge is 2.50. The number of carbonyl (C=O) groups is 1. The van der Waals surface area contributed by atoms with Gasteiger partial charge in [-0.2, -0.15) is 0 Å². The molecule has 0 bridgehead atoms. The summed E-state index contributed by atoms with van der Waals surface area (Å²) in [6.07, 6.45) is 2.49. The summed E-state index contributed by atoms with van der Waals surface area (Å²) in [5.41, 5.74) is 6.46. The molecule has 0 saturated carbocycles. The van der Waals surface area contributed by atoms with Gasteiger partial charge >= 0.3 is 0 Å². The SMILES string of the molecule is CC(C)CC(C)(C)N1C(=O)CC2(N=C1N)c1cc(Br)ccc1Oc1cnc(Cl)cc12. The molecule has 0 radical (unpaired) electrons. The molecule has 6 nitrogen and oxygen atoms in total. The zero-order valence-corrected chi connectivity index (χ0v) is 19.7. The van der Waals surface area contributed by atoms with Crippen molar-refractivity contribution in [2.45, 2.75) is 51.6 Å². The molecule has 1 spiro atoms. The van der Waals surface area contributed by atoms with Gasteiger partial charge in [0, 0.05) is 21.1 Å². The summed E-state index contributed by atoms with van der Waals surface area (Å²) in [6.45, 7) is 8.30. The average molecular weight is 492 g/mol. The first-order valence-corrected chi connectivity index (χ1v) is 11.0. The van der Waals surface area contributed by atoms with Crippen LogP contribution in [-0.2, 0) is 10.3 Å². The molecular formula is C22H24BrClN4O2. The number of pyridine rings is 1. The molecule has 0 aliphatic carbocycles. The Hall–Kier alpha value is -2.12. The number of nitrogens with two attached hydrogens (primary N) is 1. The van der Waals surface area contributed by atoms with E-state index in [-0.39, 0.29) is 18.3 Å². The monoisotopic (exact) mass is 490 g/mol. The van der Waals surface area contributed by atoms with Crippen LogP contribution in [0.3, 0.4) is 0 Å². The summed E-state index contributed by atoms with van der Waals surface area (Å²) in [4.78, 5) is 24.3. The Bertz CT molecular complexity index is 1020. The molecule has 30 heavy (non-hydrogen) atoms. The third-order valence-electron chi connectivity index (χ3n) is 5.59. The van der Waals surface area contributed by atoms with Gasteiger partial charge in [0.2, 0.25) is 5.91 Å². The minimum Gasteiger partial charge on any atom is -0.455 e. The topological polar surface area (TPSA) is 80.8 Å². The van der Waals surface area contributed by atoms with E-state index in [2.05, 4.69) is 34.8 Å². The molecule has 2 aliphatic heterocycles. The molecule has 4 rings (SSSR count). The van der Waals surface area contributed by atoms with Gasteiger partial charge < -0.3 is 10.5 Å². The predicted molar refractivity (Wildman–Crippen MR) is 121 cm³/mol. The first kappa shape index (κ1) is 21.1. The molecule has 2 aromatic rings. The fourth-order valence-corrected chi connectivity index (χ4v) is 5.28. The fourth-order valence-electron chi connectivity index (χ4n) is 4.76. The fraction of sp³-hybridized carbons (Fsp3) is 0.409. The number of carbonyl (C=O) groups excluding carboxylic acids is 1. The summed E-state index contributed by atoms with van der Waals surface area (Å²) in [5, 5.41) is 0.305. The number of hydrogen-bond acceptors (Lipinski definition) is 5. The van der Waals surface area contributed by atoms with Crippen molar-refractivity contribution in [2.75, 3.05) is 0 Å². The van der Waals surface area contributed by atoms with Crippen molar-refractivity contribution in [1.29, 1.82) is 0 Å². The Balaban J connectivity index is 1.94. The number of benzene rings is 1. The Kier molecular flexibility index (Phi) is 5.10. The van der Waals surface area contributed by atoms with Crippen molar-refractivity contribution >= 4 is 39.4 Å². The van der Waals surface area contributed by atoms with Crippen molar-refractivity contribution in [3.63, 3.8) is 0 Å². The molecule has 0 fully saturated rings. The number of amides is 1. The Morgan fingerprint density at radius 2 is 2.00 bits per heavy atom. The predicted octanol–water partition coefficient (Wildman–Crippen LogP) is 5.22. The maximum atomic E-state index is 13.6. The molecular weight excluding hydrogens is 468 g/mol. The first-order chi connectivity index (χ1) is 14.0. The van der Waals surface area contributed by atoms with Crippen molar-refractivity contribution in [1.82, 2.24) is 9.88 Å². The summed E-state index contributed by atoms with van der Waals surface area (Å²) in [5.74, 6) is 1.66. The minimum absolute atomic E-state index is 0.0835. The second kappa shape index (κ2) is 7.24. The number of aromatic nitrogens is 1. The lowest BCUT2D eigenvalue weighted by Crippen LogP contribution is -2.59. The van der Waals surface area contributed by atoms with E-state index in [0.717, 1.165) is 16.5 Å². The molecule has 1 aromatic carbocycles. The zero-order valence-electron chi connectivity index (χ0n) is 17.4. The van der Waals surface area contributed by atoms with E-state index in [4.69, 9.17) is 27.1 Å². The van der Waals surface area contributed by atoms with Gasteiger partial charge in [0.05, 0.1) is 12.6 Å². The van der Waals surface area contributed by atoms with Crippen molar-refractivity contribution < 1.29 is 9.53 Å². The van der Waals surface area contributed by atoms with E-state index in [1.54, 1.807) is 17.2 Å². The third kappa shape index (κ3) is 3.38. The largest absolute Gasteiger partial charge is 0.455 e. The lowest BCUT2D eigenvalue weighted by Gasteiger charge is -2.46. The highest BCUT2D eigenvalue weighted by molar-refractivity contribution is 9.10. The normalized spacial score (nSPS) is 20.7.